The predicted molar refractivity (Wildman–Crippen MR) is 71.3 cm³/mol. The van der Waals surface area contributed by atoms with Gasteiger partial charge in [-0.3, -0.25) is 0 Å². The highest BCUT2D eigenvalue weighted by atomic mass is 32.2. The summed E-state index contributed by atoms with van der Waals surface area (Å²) in [7, 11) is 3.22. The molecular weight excluding hydrogens is 266 g/mol. The summed E-state index contributed by atoms with van der Waals surface area (Å²) in [6.07, 6.45) is 0. The van der Waals surface area contributed by atoms with Gasteiger partial charge in [-0.15, -0.1) is 10.2 Å². The van der Waals surface area contributed by atoms with Crippen molar-refractivity contribution >= 4 is 11.8 Å². The first-order chi connectivity index (χ1) is 9.26. The molecule has 0 amide bonds. The summed E-state index contributed by atoms with van der Waals surface area (Å²) < 4.78 is 15.7. The number of benzene rings is 1. The van der Waals surface area contributed by atoms with Crippen LogP contribution in [0, 0.1) is 0 Å². The molecule has 7 heteroatoms. The van der Waals surface area contributed by atoms with Crippen molar-refractivity contribution in [2.24, 2.45) is 5.73 Å². The zero-order chi connectivity index (χ0) is 13.7. The Bertz CT molecular complexity index is 545. The highest BCUT2D eigenvalue weighted by molar-refractivity contribution is 7.98. The van der Waals surface area contributed by atoms with Gasteiger partial charge in [-0.05, 0) is 17.7 Å². The van der Waals surface area contributed by atoms with Gasteiger partial charge in [0.05, 0.1) is 20.8 Å². The van der Waals surface area contributed by atoms with Crippen molar-refractivity contribution in [2.45, 2.75) is 17.5 Å². The van der Waals surface area contributed by atoms with Gasteiger partial charge in [0.25, 0.3) is 5.22 Å². The van der Waals surface area contributed by atoms with E-state index in [1.54, 1.807) is 14.2 Å². The lowest BCUT2D eigenvalue weighted by Crippen LogP contribution is -1.95. The van der Waals surface area contributed by atoms with Crippen molar-refractivity contribution in [2.75, 3.05) is 14.2 Å². The molecule has 2 N–H and O–H groups in total. The molecule has 2 rings (SSSR count). The Balaban J connectivity index is 2.03. The molecule has 1 aromatic heterocycles. The van der Waals surface area contributed by atoms with Crippen LogP contribution in [0.5, 0.6) is 11.5 Å². The predicted octanol–water partition coefficient (Wildman–Crippen LogP) is 1.84. The molecule has 102 valence electrons. The number of hydrogen-bond acceptors (Lipinski definition) is 7. The Hall–Kier alpha value is -1.73. The lowest BCUT2D eigenvalue weighted by molar-refractivity contribution is 0.354. The number of rotatable bonds is 6. The Morgan fingerprint density at radius 1 is 1.21 bits per heavy atom. The summed E-state index contributed by atoms with van der Waals surface area (Å²) >= 11 is 1.45. The maximum absolute atomic E-state index is 5.40. The third-order valence-electron chi connectivity index (χ3n) is 2.43. The molecular formula is C12H15N3O3S. The normalized spacial score (nSPS) is 10.5. The highest BCUT2D eigenvalue weighted by Crippen LogP contribution is 2.30. The van der Waals surface area contributed by atoms with Gasteiger partial charge >= 0.3 is 0 Å². The average molecular weight is 281 g/mol. The van der Waals surface area contributed by atoms with E-state index in [1.165, 1.54) is 11.8 Å². The minimum Gasteiger partial charge on any atom is -0.493 e. The minimum atomic E-state index is 0.254. The first-order valence-electron chi connectivity index (χ1n) is 5.63. The molecule has 0 unspecified atom stereocenters. The molecule has 0 saturated heterocycles. The van der Waals surface area contributed by atoms with Crippen LogP contribution in [0.25, 0.3) is 0 Å². The second-order valence-corrected chi connectivity index (χ2v) is 4.57. The van der Waals surface area contributed by atoms with Crippen molar-refractivity contribution in [1.82, 2.24) is 10.2 Å². The first kappa shape index (κ1) is 13.7. The van der Waals surface area contributed by atoms with Gasteiger partial charge in [0.2, 0.25) is 5.89 Å². The summed E-state index contributed by atoms with van der Waals surface area (Å²) in [5, 5.41) is 8.20. The number of methoxy groups -OCH3 is 2. The van der Waals surface area contributed by atoms with E-state index in [9.17, 15) is 0 Å². The topological polar surface area (TPSA) is 83.4 Å². The fourth-order valence-electron chi connectivity index (χ4n) is 1.49. The van der Waals surface area contributed by atoms with Gasteiger partial charge in [-0.1, -0.05) is 17.8 Å². The van der Waals surface area contributed by atoms with Crippen LogP contribution < -0.4 is 15.2 Å². The molecule has 0 aliphatic rings. The molecule has 0 spiro atoms. The second-order valence-electron chi connectivity index (χ2n) is 3.64. The maximum Gasteiger partial charge on any atom is 0.276 e. The number of thioether (sulfide) groups is 1. The summed E-state index contributed by atoms with van der Waals surface area (Å²) in [6, 6.07) is 5.76. The number of hydrogen-bond donors (Lipinski definition) is 1. The molecule has 6 nitrogen and oxygen atoms in total. The van der Waals surface area contributed by atoms with Crippen LogP contribution in [-0.4, -0.2) is 24.4 Å². The molecule has 0 fully saturated rings. The molecule has 0 aliphatic carbocycles. The standard InChI is InChI=1S/C12H15N3O3S/c1-16-9-4-3-8(5-10(9)17-2)7-19-12-15-14-11(6-13)18-12/h3-5H,6-7,13H2,1-2H3. The lowest BCUT2D eigenvalue weighted by atomic mass is 10.2. The van der Waals surface area contributed by atoms with E-state index in [4.69, 9.17) is 19.6 Å². The van der Waals surface area contributed by atoms with Crippen LogP contribution in [0.15, 0.2) is 27.8 Å². The molecule has 0 radical (unpaired) electrons. The molecule has 0 saturated carbocycles. The molecule has 0 bridgehead atoms. The lowest BCUT2D eigenvalue weighted by Gasteiger charge is -2.08. The average Bonchev–Trinajstić information content (AvgIpc) is 2.92. The van der Waals surface area contributed by atoms with Gasteiger partial charge in [-0.25, -0.2) is 0 Å². The Morgan fingerprint density at radius 2 is 2.00 bits per heavy atom. The highest BCUT2D eigenvalue weighted by Gasteiger charge is 2.08. The summed E-state index contributed by atoms with van der Waals surface area (Å²) in [4.78, 5) is 0. The number of nitrogens with two attached hydrogens (primary N) is 1. The number of aromatic nitrogens is 2. The van der Waals surface area contributed by atoms with Crippen molar-refractivity contribution in [3.05, 3.63) is 29.7 Å². The molecule has 0 atom stereocenters. The van der Waals surface area contributed by atoms with Gasteiger partial charge in [-0.2, -0.15) is 0 Å². The molecule has 0 aliphatic heterocycles. The van der Waals surface area contributed by atoms with Crippen LogP contribution in [0.1, 0.15) is 11.5 Å². The van der Waals surface area contributed by atoms with Crippen molar-refractivity contribution < 1.29 is 13.9 Å². The monoisotopic (exact) mass is 281 g/mol. The molecule has 19 heavy (non-hydrogen) atoms. The Kier molecular flexibility index (Phi) is 4.64. The number of nitrogens with zero attached hydrogens (tertiary/aromatic N) is 2. The van der Waals surface area contributed by atoms with Crippen molar-refractivity contribution in [3.63, 3.8) is 0 Å². The quantitative estimate of drug-likeness (QED) is 0.809. The fourth-order valence-corrected chi connectivity index (χ4v) is 2.22. The van der Waals surface area contributed by atoms with E-state index in [0.717, 1.165) is 5.56 Å². The molecule has 1 heterocycles. The zero-order valence-corrected chi connectivity index (χ0v) is 11.6. The summed E-state index contributed by atoms with van der Waals surface area (Å²) in [5.74, 6) is 2.55. The third-order valence-corrected chi connectivity index (χ3v) is 3.32. The van der Waals surface area contributed by atoms with Crippen LogP contribution in [0.4, 0.5) is 0 Å². The van der Waals surface area contributed by atoms with Crippen molar-refractivity contribution in [1.29, 1.82) is 0 Å². The third kappa shape index (κ3) is 3.39. The largest absolute Gasteiger partial charge is 0.493 e. The van der Waals surface area contributed by atoms with Gasteiger partial charge in [0, 0.05) is 5.75 Å². The van der Waals surface area contributed by atoms with E-state index >= 15 is 0 Å². The number of ether oxygens (including phenoxy) is 2. The van der Waals surface area contributed by atoms with Crippen LogP contribution >= 0.6 is 11.8 Å². The Morgan fingerprint density at radius 3 is 2.63 bits per heavy atom. The SMILES string of the molecule is COc1ccc(CSc2nnc(CN)o2)cc1OC. The van der Waals surface area contributed by atoms with E-state index in [1.807, 2.05) is 18.2 Å². The maximum atomic E-state index is 5.40. The Labute approximate surface area is 115 Å². The first-order valence-corrected chi connectivity index (χ1v) is 6.61. The second kappa shape index (κ2) is 6.44. The van der Waals surface area contributed by atoms with E-state index in [0.29, 0.717) is 28.4 Å². The van der Waals surface area contributed by atoms with E-state index < -0.39 is 0 Å². The van der Waals surface area contributed by atoms with Gasteiger partial charge in [0.15, 0.2) is 11.5 Å². The molecule has 1 aromatic carbocycles. The molecule has 2 aromatic rings. The van der Waals surface area contributed by atoms with Gasteiger partial charge < -0.3 is 19.6 Å². The zero-order valence-electron chi connectivity index (χ0n) is 10.8. The van der Waals surface area contributed by atoms with E-state index in [2.05, 4.69) is 10.2 Å². The van der Waals surface area contributed by atoms with Crippen molar-refractivity contribution in [3.8, 4) is 11.5 Å². The summed E-state index contributed by atoms with van der Waals surface area (Å²) in [6.45, 7) is 0.254. The minimum absolute atomic E-state index is 0.254. The summed E-state index contributed by atoms with van der Waals surface area (Å²) in [5.41, 5.74) is 6.48. The smallest absolute Gasteiger partial charge is 0.276 e. The van der Waals surface area contributed by atoms with Crippen LogP contribution in [-0.2, 0) is 12.3 Å². The van der Waals surface area contributed by atoms with E-state index in [-0.39, 0.29) is 6.54 Å². The van der Waals surface area contributed by atoms with Crippen LogP contribution in [0.3, 0.4) is 0 Å². The van der Waals surface area contributed by atoms with Crippen LogP contribution in [0.2, 0.25) is 0 Å². The van der Waals surface area contributed by atoms with Gasteiger partial charge in [0.1, 0.15) is 0 Å². The fraction of sp³-hybridized carbons (Fsp3) is 0.333.